The quantitative estimate of drug-likeness (QED) is 0.946. The standard InChI is InChI=1S/C14H12ClFN2O2/c1-9-2-4-11(6-12(9)15)17-13(19)8-18-7-10(16)3-5-14(18)20/h2-7H,8H2,1H3,(H,17,19). The van der Waals surface area contributed by atoms with E-state index in [9.17, 15) is 14.0 Å². The van der Waals surface area contributed by atoms with Crippen LogP contribution in [0.1, 0.15) is 5.56 Å². The van der Waals surface area contributed by atoms with Gasteiger partial charge < -0.3 is 9.88 Å². The second-order valence-electron chi connectivity index (χ2n) is 4.33. The van der Waals surface area contributed by atoms with Gasteiger partial charge in [-0.1, -0.05) is 17.7 Å². The van der Waals surface area contributed by atoms with Crippen LogP contribution in [-0.4, -0.2) is 10.5 Å². The van der Waals surface area contributed by atoms with Gasteiger partial charge in [0.15, 0.2) is 0 Å². The molecule has 0 aliphatic heterocycles. The molecule has 1 amide bonds. The highest BCUT2D eigenvalue weighted by molar-refractivity contribution is 6.31. The van der Waals surface area contributed by atoms with E-state index < -0.39 is 17.3 Å². The molecule has 0 saturated heterocycles. The topological polar surface area (TPSA) is 51.1 Å². The Kier molecular flexibility index (Phi) is 4.20. The fourth-order valence-corrected chi connectivity index (χ4v) is 1.83. The maximum Gasteiger partial charge on any atom is 0.251 e. The predicted molar refractivity (Wildman–Crippen MR) is 75.5 cm³/mol. The van der Waals surface area contributed by atoms with Crippen LogP contribution in [0.5, 0.6) is 0 Å². The average molecular weight is 295 g/mol. The molecule has 2 aromatic rings. The number of nitrogens with zero attached hydrogens (tertiary/aromatic N) is 1. The van der Waals surface area contributed by atoms with E-state index in [-0.39, 0.29) is 6.54 Å². The minimum atomic E-state index is -0.573. The molecule has 2 rings (SSSR count). The van der Waals surface area contributed by atoms with Gasteiger partial charge in [0, 0.05) is 23.0 Å². The summed E-state index contributed by atoms with van der Waals surface area (Å²) in [6.07, 6.45) is 0.990. The number of carbonyl (C=O) groups is 1. The summed E-state index contributed by atoms with van der Waals surface area (Å²) in [5.74, 6) is -1.01. The van der Waals surface area contributed by atoms with E-state index in [1.54, 1.807) is 18.2 Å². The summed E-state index contributed by atoms with van der Waals surface area (Å²) < 4.78 is 14.0. The van der Waals surface area contributed by atoms with Crippen LogP contribution in [-0.2, 0) is 11.3 Å². The Hall–Kier alpha value is -2.14. The van der Waals surface area contributed by atoms with E-state index in [4.69, 9.17) is 11.6 Å². The third-order valence-electron chi connectivity index (χ3n) is 2.72. The van der Waals surface area contributed by atoms with Crippen LogP contribution in [0.15, 0.2) is 41.3 Å². The van der Waals surface area contributed by atoms with Gasteiger partial charge in [0.05, 0.1) is 0 Å². The Balaban J connectivity index is 2.11. The Morgan fingerprint density at radius 1 is 1.35 bits per heavy atom. The number of hydrogen-bond donors (Lipinski definition) is 1. The number of amides is 1. The molecule has 104 valence electrons. The molecular formula is C14H12ClFN2O2. The normalized spacial score (nSPS) is 10.3. The van der Waals surface area contributed by atoms with Gasteiger partial charge in [-0.2, -0.15) is 0 Å². The average Bonchev–Trinajstić information content (AvgIpc) is 2.38. The molecule has 6 heteroatoms. The van der Waals surface area contributed by atoms with Crippen molar-refractivity contribution in [2.24, 2.45) is 0 Å². The lowest BCUT2D eigenvalue weighted by Gasteiger charge is -2.08. The van der Waals surface area contributed by atoms with Crippen LogP contribution in [0.4, 0.5) is 10.1 Å². The van der Waals surface area contributed by atoms with Crippen molar-refractivity contribution < 1.29 is 9.18 Å². The molecule has 0 spiro atoms. The molecule has 20 heavy (non-hydrogen) atoms. The number of benzene rings is 1. The number of rotatable bonds is 3. The molecule has 0 radical (unpaired) electrons. The molecule has 0 fully saturated rings. The zero-order chi connectivity index (χ0) is 14.7. The molecule has 4 nitrogen and oxygen atoms in total. The van der Waals surface area contributed by atoms with E-state index in [0.29, 0.717) is 10.7 Å². The lowest BCUT2D eigenvalue weighted by atomic mass is 10.2. The second-order valence-corrected chi connectivity index (χ2v) is 4.73. The van der Waals surface area contributed by atoms with Gasteiger partial charge in [0.2, 0.25) is 5.91 Å². The van der Waals surface area contributed by atoms with E-state index >= 15 is 0 Å². The minimum Gasteiger partial charge on any atom is -0.324 e. The first kappa shape index (κ1) is 14.3. The first-order chi connectivity index (χ1) is 9.45. The van der Waals surface area contributed by atoms with Crippen molar-refractivity contribution in [1.82, 2.24) is 4.57 Å². The summed E-state index contributed by atoms with van der Waals surface area (Å²) in [4.78, 5) is 23.3. The summed E-state index contributed by atoms with van der Waals surface area (Å²) in [6.45, 7) is 1.59. The number of aryl methyl sites for hydroxylation is 1. The van der Waals surface area contributed by atoms with Crippen molar-refractivity contribution >= 4 is 23.2 Å². The Bertz CT molecular complexity index is 713. The van der Waals surface area contributed by atoms with Crippen molar-refractivity contribution in [2.45, 2.75) is 13.5 Å². The van der Waals surface area contributed by atoms with Gasteiger partial charge >= 0.3 is 0 Å². The molecule has 1 N–H and O–H groups in total. The SMILES string of the molecule is Cc1ccc(NC(=O)Cn2cc(F)ccc2=O)cc1Cl. The maximum absolute atomic E-state index is 13.0. The van der Waals surface area contributed by atoms with Gasteiger partial charge in [-0.25, -0.2) is 4.39 Å². The monoisotopic (exact) mass is 294 g/mol. The zero-order valence-corrected chi connectivity index (χ0v) is 11.4. The number of halogens is 2. The number of pyridine rings is 1. The highest BCUT2D eigenvalue weighted by atomic mass is 35.5. The smallest absolute Gasteiger partial charge is 0.251 e. The van der Waals surface area contributed by atoms with Gasteiger partial charge in [-0.05, 0) is 30.7 Å². The summed E-state index contributed by atoms with van der Waals surface area (Å²) in [6, 6.07) is 7.21. The van der Waals surface area contributed by atoms with Gasteiger partial charge in [-0.3, -0.25) is 9.59 Å². The molecule has 0 aliphatic rings. The Morgan fingerprint density at radius 3 is 2.80 bits per heavy atom. The molecule has 0 bridgehead atoms. The lowest BCUT2D eigenvalue weighted by molar-refractivity contribution is -0.116. The van der Waals surface area contributed by atoms with Gasteiger partial charge in [0.25, 0.3) is 5.56 Å². The summed E-state index contributed by atoms with van der Waals surface area (Å²) in [5, 5.41) is 3.13. The van der Waals surface area contributed by atoms with Crippen molar-refractivity contribution in [3.63, 3.8) is 0 Å². The van der Waals surface area contributed by atoms with Crippen molar-refractivity contribution in [2.75, 3.05) is 5.32 Å². The largest absolute Gasteiger partial charge is 0.324 e. The molecule has 1 aromatic carbocycles. The Morgan fingerprint density at radius 2 is 2.10 bits per heavy atom. The van der Waals surface area contributed by atoms with Crippen LogP contribution in [0.25, 0.3) is 0 Å². The van der Waals surface area contributed by atoms with Crippen molar-refractivity contribution in [3.05, 3.63) is 63.3 Å². The first-order valence-electron chi connectivity index (χ1n) is 5.88. The predicted octanol–water partition coefficient (Wildman–Crippen LogP) is 2.59. The van der Waals surface area contributed by atoms with Gasteiger partial charge in [-0.15, -0.1) is 0 Å². The number of aromatic nitrogens is 1. The lowest BCUT2D eigenvalue weighted by Crippen LogP contribution is -2.27. The van der Waals surface area contributed by atoms with Crippen molar-refractivity contribution in [1.29, 1.82) is 0 Å². The summed E-state index contributed by atoms with van der Waals surface area (Å²) in [5.41, 5.74) is 0.976. The highest BCUT2D eigenvalue weighted by Crippen LogP contribution is 2.19. The molecule has 0 unspecified atom stereocenters. The number of hydrogen-bond acceptors (Lipinski definition) is 2. The third kappa shape index (κ3) is 3.45. The molecular weight excluding hydrogens is 283 g/mol. The van der Waals surface area contributed by atoms with Gasteiger partial charge in [0.1, 0.15) is 12.4 Å². The summed E-state index contributed by atoms with van der Waals surface area (Å²) >= 11 is 5.95. The zero-order valence-electron chi connectivity index (χ0n) is 10.7. The van der Waals surface area contributed by atoms with Crippen LogP contribution in [0.2, 0.25) is 5.02 Å². The first-order valence-corrected chi connectivity index (χ1v) is 6.25. The van der Waals surface area contributed by atoms with E-state index in [0.717, 1.165) is 28.5 Å². The van der Waals surface area contributed by atoms with E-state index in [2.05, 4.69) is 5.32 Å². The van der Waals surface area contributed by atoms with Crippen LogP contribution >= 0.6 is 11.6 Å². The fraction of sp³-hybridized carbons (Fsp3) is 0.143. The van der Waals surface area contributed by atoms with Crippen LogP contribution < -0.4 is 10.9 Å². The van der Waals surface area contributed by atoms with Crippen molar-refractivity contribution in [3.8, 4) is 0 Å². The molecule has 1 aromatic heterocycles. The molecule has 0 atom stereocenters. The summed E-state index contributed by atoms with van der Waals surface area (Å²) in [7, 11) is 0. The van der Waals surface area contributed by atoms with Crippen LogP contribution in [0.3, 0.4) is 0 Å². The fourth-order valence-electron chi connectivity index (χ4n) is 1.65. The maximum atomic E-state index is 13.0. The van der Waals surface area contributed by atoms with E-state index in [1.165, 1.54) is 0 Å². The minimum absolute atomic E-state index is 0.262. The number of nitrogens with one attached hydrogen (secondary N) is 1. The number of anilines is 1. The molecule has 0 saturated carbocycles. The van der Waals surface area contributed by atoms with E-state index in [1.807, 2.05) is 6.92 Å². The van der Waals surface area contributed by atoms with Crippen LogP contribution in [0, 0.1) is 12.7 Å². The molecule has 0 aliphatic carbocycles. The Labute approximate surface area is 119 Å². The highest BCUT2D eigenvalue weighted by Gasteiger charge is 2.07. The molecule has 1 heterocycles. The number of carbonyl (C=O) groups excluding carboxylic acids is 1. The second kappa shape index (κ2) is 5.88. The third-order valence-corrected chi connectivity index (χ3v) is 3.12.